The van der Waals surface area contributed by atoms with Crippen LogP contribution in [0.1, 0.15) is 11.1 Å². The number of halogens is 1. The smallest absolute Gasteiger partial charge is 0.768 e. The number of hydrogen-bond acceptors (Lipinski definition) is 2. The molecule has 0 radical (unpaired) electrons. The summed E-state index contributed by atoms with van der Waals surface area (Å²) >= 11 is -2.20. The van der Waals surface area contributed by atoms with Crippen LogP contribution < -0.4 is 29.6 Å². The van der Waals surface area contributed by atoms with Gasteiger partial charge in [0.15, 0.2) is 0 Å². The number of rotatable bonds is 3. The topological polar surface area (TPSA) is 40.1 Å². The standard InChI is InChI=1S/C14H11FO2S.Na/c15-13-7-3-11(4-8-13)1-2-12-5-9-14(10-6-12)18(16)17;/h1-10H,(H,16,17);/q;+1/p-1/b2-1+;. The van der Waals surface area contributed by atoms with Crippen molar-refractivity contribution in [3.05, 3.63) is 65.5 Å². The molecule has 0 amide bonds. The summed E-state index contributed by atoms with van der Waals surface area (Å²) < 4.78 is 34.0. The fraction of sp³-hybridized carbons (Fsp3) is 0. The number of benzene rings is 2. The van der Waals surface area contributed by atoms with Crippen molar-refractivity contribution in [3.8, 4) is 0 Å². The second-order valence-electron chi connectivity index (χ2n) is 3.69. The van der Waals surface area contributed by atoms with E-state index in [0.29, 0.717) is 0 Å². The second-order valence-corrected chi connectivity index (χ2v) is 4.63. The molecular weight excluding hydrogens is 274 g/mol. The van der Waals surface area contributed by atoms with Crippen LogP contribution in [0.25, 0.3) is 12.2 Å². The zero-order valence-corrected chi connectivity index (χ0v) is 13.2. The first-order chi connectivity index (χ1) is 8.65. The van der Waals surface area contributed by atoms with E-state index in [1.165, 1.54) is 24.3 Å². The Kier molecular flexibility index (Phi) is 6.62. The second kappa shape index (κ2) is 7.72. The SMILES string of the molecule is O=S([O-])c1ccc(/C=C/c2ccc(F)cc2)cc1.[Na+]. The van der Waals surface area contributed by atoms with E-state index in [4.69, 9.17) is 0 Å². The van der Waals surface area contributed by atoms with Crippen LogP contribution in [0.5, 0.6) is 0 Å². The predicted octanol–water partition coefficient (Wildman–Crippen LogP) is 0.238. The average Bonchev–Trinajstić information content (AvgIpc) is 2.38. The maximum atomic E-state index is 12.7. The fourth-order valence-electron chi connectivity index (χ4n) is 1.46. The van der Waals surface area contributed by atoms with Crippen LogP contribution in [0.15, 0.2) is 53.4 Å². The summed E-state index contributed by atoms with van der Waals surface area (Å²) in [6.45, 7) is 0. The van der Waals surface area contributed by atoms with E-state index < -0.39 is 11.1 Å². The molecule has 1 atom stereocenters. The summed E-state index contributed by atoms with van der Waals surface area (Å²) in [4.78, 5) is 0.258. The maximum Gasteiger partial charge on any atom is 1.00 e. The Balaban J connectivity index is 0.00000180. The van der Waals surface area contributed by atoms with E-state index in [2.05, 4.69) is 0 Å². The summed E-state index contributed by atoms with van der Waals surface area (Å²) in [7, 11) is 0. The first-order valence-corrected chi connectivity index (χ1v) is 6.35. The number of hydrogen-bond donors (Lipinski definition) is 0. The molecule has 0 aliphatic carbocycles. The molecule has 0 aliphatic rings. The summed E-state index contributed by atoms with van der Waals surface area (Å²) in [6, 6.07) is 12.6. The van der Waals surface area contributed by atoms with Gasteiger partial charge in [0.2, 0.25) is 0 Å². The molecule has 2 rings (SSSR count). The van der Waals surface area contributed by atoms with Crippen molar-refractivity contribution in [2.75, 3.05) is 0 Å². The van der Waals surface area contributed by atoms with E-state index in [9.17, 15) is 13.2 Å². The fourth-order valence-corrected chi connectivity index (χ4v) is 1.81. The molecule has 0 fully saturated rings. The van der Waals surface area contributed by atoms with E-state index in [1.807, 2.05) is 12.2 Å². The molecule has 19 heavy (non-hydrogen) atoms. The van der Waals surface area contributed by atoms with Gasteiger partial charge in [-0.3, -0.25) is 4.21 Å². The Labute approximate surface area is 135 Å². The van der Waals surface area contributed by atoms with Gasteiger partial charge in [0, 0.05) is 4.90 Å². The third kappa shape index (κ3) is 5.01. The minimum absolute atomic E-state index is 0. The molecule has 0 spiro atoms. The third-order valence-electron chi connectivity index (χ3n) is 2.41. The van der Waals surface area contributed by atoms with Gasteiger partial charge in [0.1, 0.15) is 5.82 Å². The van der Waals surface area contributed by atoms with Gasteiger partial charge in [-0.05, 0) is 46.5 Å². The molecule has 1 unspecified atom stereocenters. The van der Waals surface area contributed by atoms with Crippen molar-refractivity contribution < 1.29 is 42.7 Å². The van der Waals surface area contributed by atoms with E-state index in [0.717, 1.165) is 11.1 Å². The van der Waals surface area contributed by atoms with Crippen LogP contribution in [0, 0.1) is 5.82 Å². The van der Waals surface area contributed by atoms with E-state index in [-0.39, 0.29) is 40.3 Å². The first kappa shape index (κ1) is 16.3. The van der Waals surface area contributed by atoms with Crippen LogP contribution in [-0.4, -0.2) is 8.76 Å². The Morgan fingerprint density at radius 2 is 1.32 bits per heavy atom. The summed E-state index contributed by atoms with van der Waals surface area (Å²) in [5, 5.41) is 0. The molecule has 0 bridgehead atoms. The first-order valence-electron chi connectivity index (χ1n) is 5.28. The molecule has 2 aromatic rings. The van der Waals surface area contributed by atoms with Crippen molar-refractivity contribution in [1.82, 2.24) is 0 Å². The van der Waals surface area contributed by atoms with Crippen LogP contribution in [0.4, 0.5) is 4.39 Å². The van der Waals surface area contributed by atoms with Crippen molar-refractivity contribution in [1.29, 1.82) is 0 Å². The van der Waals surface area contributed by atoms with Crippen molar-refractivity contribution >= 4 is 23.2 Å². The summed E-state index contributed by atoms with van der Waals surface area (Å²) in [6.07, 6.45) is 3.67. The molecule has 0 aromatic heterocycles. The Hall–Kier alpha value is -0.780. The molecule has 5 heteroatoms. The molecule has 0 N–H and O–H groups in total. The normalized spacial score (nSPS) is 12.1. The molecule has 2 nitrogen and oxygen atoms in total. The van der Waals surface area contributed by atoms with Gasteiger partial charge in [-0.15, -0.1) is 0 Å². The predicted molar refractivity (Wildman–Crippen MR) is 69.0 cm³/mol. The van der Waals surface area contributed by atoms with E-state index >= 15 is 0 Å². The van der Waals surface area contributed by atoms with Crippen LogP contribution in [0.2, 0.25) is 0 Å². The van der Waals surface area contributed by atoms with Gasteiger partial charge in [0.05, 0.1) is 0 Å². The van der Waals surface area contributed by atoms with Gasteiger partial charge < -0.3 is 4.55 Å². The van der Waals surface area contributed by atoms with Gasteiger partial charge in [-0.25, -0.2) is 4.39 Å². The zero-order chi connectivity index (χ0) is 13.0. The molecule has 0 saturated carbocycles. The van der Waals surface area contributed by atoms with Crippen molar-refractivity contribution in [3.63, 3.8) is 0 Å². The van der Waals surface area contributed by atoms with Gasteiger partial charge in [0.25, 0.3) is 0 Å². The average molecular weight is 284 g/mol. The van der Waals surface area contributed by atoms with Crippen molar-refractivity contribution in [2.24, 2.45) is 0 Å². The molecular formula is C14H10FNaO2S. The monoisotopic (exact) mass is 284 g/mol. The van der Waals surface area contributed by atoms with Crippen LogP contribution in [0.3, 0.4) is 0 Å². The zero-order valence-electron chi connectivity index (χ0n) is 10.4. The van der Waals surface area contributed by atoms with Gasteiger partial charge in [-0.2, -0.15) is 0 Å². The molecule has 92 valence electrons. The molecule has 2 aromatic carbocycles. The minimum Gasteiger partial charge on any atom is -0.768 e. The van der Waals surface area contributed by atoms with Gasteiger partial charge in [-0.1, -0.05) is 36.4 Å². The van der Waals surface area contributed by atoms with Crippen molar-refractivity contribution in [2.45, 2.75) is 4.90 Å². The molecule has 0 saturated heterocycles. The van der Waals surface area contributed by atoms with E-state index in [1.54, 1.807) is 24.3 Å². The van der Waals surface area contributed by atoms with Gasteiger partial charge >= 0.3 is 29.6 Å². The Morgan fingerprint density at radius 1 is 0.895 bits per heavy atom. The van der Waals surface area contributed by atoms with Crippen LogP contribution in [-0.2, 0) is 11.1 Å². The Morgan fingerprint density at radius 3 is 1.74 bits per heavy atom. The summed E-state index contributed by atoms with van der Waals surface area (Å²) in [5.74, 6) is -0.269. The maximum absolute atomic E-state index is 12.7. The third-order valence-corrected chi connectivity index (χ3v) is 3.07. The molecule has 0 heterocycles. The minimum atomic E-state index is -2.20. The van der Waals surface area contributed by atoms with Crippen LogP contribution >= 0.6 is 0 Å². The summed E-state index contributed by atoms with van der Waals surface area (Å²) in [5.41, 5.74) is 1.77. The Bertz CT molecular complexity index is 579. The molecule has 0 aliphatic heterocycles. The largest absolute Gasteiger partial charge is 1.00 e. The quantitative estimate of drug-likeness (QED) is 0.460.